The minimum Gasteiger partial charge on any atom is -0.540 e. The van der Waals surface area contributed by atoms with Gasteiger partial charge in [0.2, 0.25) is 0 Å². The van der Waals surface area contributed by atoms with Gasteiger partial charge in [-0.05, 0) is 34.7 Å². The molecule has 0 aliphatic carbocycles. The molecular formula is C26H36N2O6Si. The van der Waals surface area contributed by atoms with Gasteiger partial charge in [0.05, 0.1) is 30.7 Å². The molecule has 9 heteroatoms. The van der Waals surface area contributed by atoms with Crippen molar-refractivity contribution in [1.29, 1.82) is 0 Å². The van der Waals surface area contributed by atoms with Crippen molar-refractivity contribution in [3.8, 4) is 11.5 Å². The fourth-order valence-corrected chi connectivity index (χ4v) is 10.9. The molecule has 0 fully saturated rings. The van der Waals surface area contributed by atoms with Crippen molar-refractivity contribution in [2.75, 3.05) is 18.6 Å². The van der Waals surface area contributed by atoms with Crippen LogP contribution in [0.5, 0.6) is 11.5 Å². The number of nitro benzene ring substituents is 1. The topological polar surface area (TPSA) is 102 Å². The molecule has 1 N–H and O–H groups in total. The number of benzene rings is 2. The molecule has 1 aliphatic rings. The second-order valence-corrected chi connectivity index (χ2v) is 15.4. The number of methoxy groups -OCH3 is 1. The van der Waals surface area contributed by atoms with Crippen LogP contribution in [0.3, 0.4) is 0 Å². The summed E-state index contributed by atoms with van der Waals surface area (Å²) >= 11 is 0. The molecule has 2 aromatic carbocycles. The van der Waals surface area contributed by atoms with Gasteiger partial charge in [-0.2, -0.15) is 0 Å². The van der Waals surface area contributed by atoms with E-state index in [2.05, 4.69) is 41.5 Å². The molecule has 0 spiro atoms. The maximum atomic E-state index is 13.7. The molecule has 8 nitrogen and oxygen atoms in total. The Morgan fingerprint density at radius 2 is 1.71 bits per heavy atom. The summed E-state index contributed by atoms with van der Waals surface area (Å²) < 4.78 is 12.3. The van der Waals surface area contributed by atoms with E-state index in [9.17, 15) is 20.0 Å². The van der Waals surface area contributed by atoms with Crippen molar-refractivity contribution < 1.29 is 24.0 Å². The Labute approximate surface area is 208 Å². The predicted molar refractivity (Wildman–Crippen MR) is 139 cm³/mol. The summed E-state index contributed by atoms with van der Waals surface area (Å²) in [4.78, 5) is 26.8. The first-order valence-electron chi connectivity index (χ1n) is 12.1. The Morgan fingerprint density at radius 1 is 1.11 bits per heavy atom. The SMILES string of the molecule is COc1cc(C(=O)N2c3ccccc3C[C@H]2CO)c([N+](=O)[O-])cc1O[Si](C(C)C)(C(C)C)C(C)C. The maximum Gasteiger partial charge on any atom is 0.286 e. The van der Waals surface area contributed by atoms with Crippen molar-refractivity contribution in [1.82, 2.24) is 0 Å². The van der Waals surface area contributed by atoms with Gasteiger partial charge < -0.3 is 19.2 Å². The highest BCUT2D eigenvalue weighted by Gasteiger charge is 2.48. The van der Waals surface area contributed by atoms with Gasteiger partial charge in [0, 0.05) is 11.8 Å². The monoisotopic (exact) mass is 500 g/mol. The number of anilines is 1. The normalized spacial score (nSPS) is 15.6. The summed E-state index contributed by atoms with van der Waals surface area (Å²) in [6, 6.07) is 9.60. The molecule has 2 aromatic rings. The van der Waals surface area contributed by atoms with E-state index in [0.29, 0.717) is 17.9 Å². The number of carbonyl (C=O) groups excluding carboxylic acids is 1. The number of rotatable bonds is 9. The molecule has 0 radical (unpaired) electrons. The van der Waals surface area contributed by atoms with Crippen molar-refractivity contribution >= 4 is 25.6 Å². The number of aliphatic hydroxyl groups excluding tert-OH is 1. The largest absolute Gasteiger partial charge is 0.540 e. The van der Waals surface area contributed by atoms with Crippen molar-refractivity contribution in [2.45, 2.75) is 70.6 Å². The summed E-state index contributed by atoms with van der Waals surface area (Å²) in [5.41, 5.74) is 1.87. The summed E-state index contributed by atoms with van der Waals surface area (Å²) in [5.74, 6) is 0.0236. The minimum atomic E-state index is -2.44. The zero-order valence-corrected chi connectivity index (χ0v) is 22.6. The molecule has 3 rings (SSSR count). The lowest BCUT2D eigenvalue weighted by Crippen LogP contribution is -2.50. The van der Waals surface area contributed by atoms with E-state index in [-0.39, 0.29) is 40.2 Å². The Kier molecular flexibility index (Phi) is 7.91. The van der Waals surface area contributed by atoms with Crippen LogP contribution in [0.15, 0.2) is 36.4 Å². The molecule has 35 heavy (non-hydrogen) atoms. The molecular weight excluding hydrogens is 464 g/mol. The molecule has 0 saturated heterocycles. The minimum absolute atomic E-state index is 0.0970. The maximum absolute atomic E-state index is 13.7. The van der Waals surface area contributed by atoms with E-state index in [1.165, 1.54) is 24.1 Å². The number of fused-ring (bicyclic) bond motifs is 1. The lowest BCUT2D eigenvalue weighted by molar-refractivity contribution is -0.385. The summed E-state index contributed by atoms with van der Waals surface area (Å²) in [5, 5.41) is 22.1. The fraction of sp³-hybridized carbons (Fsp3) is 0.500. The number of hydrogen-bond donors (Lipinski definition) is 1. The number of nitrogens with zero attached hydrogens (tertiary/aromatic N) is 2. The van der Waals surface area contributed by atoms with E-state index >= 15 is 0 Å². The standard InChI is InChI=1S/C26H36N2O6Si/c1-16(2)35(17(3)4,18(5)6)34-25-14-23(28(31)32)21(13-24(25)33-7)26(30)27-20(15-29)12-19-10-8-9-11-22(19)27/h8-11,13-14,16-18,20,29H,12,15H2,1-7H3/t20-/m0/s1. The number of para-hydroxylation sites is 1. The van der Waals surface area contributed by atoms with Crippen molar-refractivity contribution in [3.05, 3.63) is 57.6 Å². The molecule has 1 aliphatic heterocycles. The average molecular weight is 501 g/mol. The average Bonchev–Trinajstić information content (AvgIpc) is 3.19. The number of hydrogen-bond acceptors (Lipinski definition) is 6. The van der Waals surface area contributed by atoms with E-state index in [4.69, 9.17) is 9.16 Å². The first-order valence-corrected chi connectivity index (χ1v) is 14.2. The van der Waals surface area contributed by atoms with Gasteiger partial charge in [-0.1, -0.05) is 59.7 Å². The Bertz CT molecular complexity index is 1080. The fourth-order valence-electron chi connectivity index (χ4n) is 5.67. The van der Waals surface area contributed by atoms with Gasteiger partial charge in [-0.3, -0.25) is 14.9 Å². The molecule has 190 valence electrons. The smallest absolute Gasteiger partial charge is 0.286 e. The van der Waals surface area contributed by atoms with Crippen LogP contribution in [-0.2, 0) is 6.42 Å². The third kappa shape index (κ3) is 4.66. The van der Waals surface area contributed by atoms with Gasteiger partial charge in [0.15, 0.2) is 11.5 Å². The van der Waals surface area contributed by atoms with E-state index in [1.807, 2.05) is 12.1 Å². The number of aliphatic hydroxyl groups is 1. The summed E-state index contributed by atoms with van der Waals surface area (Å²) in [6.45, 7) is 12.5. The molecule has 0 saturated carbocycles. The third-order valence-electron chi connectivity index (χ3n) is 7.20. The van der Waals surface area contributed by atoms with Crippen LogP contribution in [0.2, 0.25) is 16.6 Å². The number of amides is 1. The van der Waals surface area contributed by atoms with E-state index in [0.717, 1.165) is 5.56 Å². The van der Waals surface area contributed by atoms with Gasteiger partial charge >= 0.3 is 0 Å². The zero-order valence-electron chi connectivity index (χ0n) is 21.6. The van der Waals surface area contributed by atoms with Crippen LogP contribution in [-0.4, -0.2) is 44.0 Å². The first kappa shape index (κ1) is 26.7. The quantitative estimate of drug-likeness (QED) is 0.268. The zero-order chi connectivity index (χ0) is 26.1. The predicted octanol–water partition coefficient (Wildman–Crippen LogP) is 5.72. The van der Waals surface area contributed by atoms with Crippen molar-refractivity contribution in [2.24, 2.45) is 0 Å². The van der Waals surface area contributed by atoms with Gasteiger partial charge in [0.25, 0.3) is 19.9 Å². The van der Waals surface area contributed by atoms with Gasteiger partial charge in [-0.15, -0.1) is 0 Å². The number of ether oxygens (including phenoxy) is 1. The second kappa shape index (κ2) is 10.4. The Balaban J connectivity index is 2.15. The first-order chi connectivity index (χ1) is 16.5. The summed E-state index contributed by atoms with van der Waals surface area (Å²) in [6.07, 6.45) is 0.482. The highest BCUT2D eigenvalue weighted by atomic mass is 28.4. The van der Waals surface area contributed by atoms with E-state index < -0.39 is 25.2 Å². The molecule has 1 atom stereocenters. The number of nitro groups is 1. The van der Waals surface area contributed by atoms with Gasteiger partial charge in [0.1, 0.15) is 5.56 Å². The Hall–Kier alpha value is -2.91. The van der Waals surface area contributed by atoms with Crippen LogP contribution in [0.1, 0.15) is 57.5 Å². The second-order valence-electron chi connectivity index (χ2n) is 10.0. The van der Waals surface area contributed by atoms with Crippen LogP contribution in [0.4, 0.5) is 11.4 Å². The lowest BCUT2D eigenvalue weighted by atomic mass is 10.1. The number of carbonyl (C=O) groups is 1. The van der Waals surface area contributed by atoms with Crippen LogP contribution < -0.4 is 14.1 Å². The van der Waals surface area contributed by atoms with Crippen LogP contribution in [0, 0.1) is 10.1 Å². The lowest BCUT2D eigenvalue weighted by Gasteiger charge is -2.42. The highest BCUT2D eigenvalue weighted by molar-refractivity contribution is 6.78. The third-order valence-corrected chi connectivity index (χ3v) is 13.2. The molecule has 0 bridgehead atoms. The molecule has 0 aromatic heterocycles. The van der Waals surface area contributed by atoms with Crippen LogP contribution in [0.25, 0.3) is 0 Å². The molecule has 1 amide bonds. The molecule has 1 heterocycles. The van der Waals surface area contributed by atoms with E-state index in [1.54, 1.807) is 12.1 Å². The van der Waals surface area contributed by atoms with Crippen molar-refractivity contribution in [3.63, 3.8) is 0 Å². The van der Waals surface area contributed by atoms with Crippen LogP contribution >= 0.6 is 0 Å². The Morgan fingerprint density at radius 3 is 2.23 bits per heavy atom. The summed E-state index contributed by atoms with van der Waals surface area (Å²) in [7, 11) is -0.974. The molecule has 0 unspecified atom stereocenters. The highest BCUT2D eigenvalue weighted by Crippen LogP contribution is 2.46. The van der Waals surface area contributed by atoms with Gasteiger partial charge in [-0.25, -0.2) is 0 Å².